The molecule has 4 aromatic rings. The third-order valence-electron chi connectivity index (χ3n) is 4.86. The quantitative estimate of drug-likeness (QED) is 0.371. The smallest absolute Gasteiger partial charge is 0.0177 e. The van der Waals surface area contributed by atoms with Crippen LogP contribution in [-0.2, 0) is 0 Å². The first-order valence-corrected chi connectivity index (χ1v) is 8.90. The molecule has 0 aliphatic rings. The first-order chi connectivity index (χ1) is 12.2. The summed E-state index contributed by atoms with van der Waals surface area (Å²) in [6.45, 7) is 4.46. The van der Waals surface area contributed by atoms with Gasteiger partial charge in [-0.05, 0) is 56.6 Å². The fourth-order valence-corrected chi connectivity index (χ4v) is 3.31. The zero-order chi connectivity index (χ0) is 17.2. The Morgan fingerprint density at radius 1 is 0.480 bits per heavy atom. The SMILES string of the molecule is CC(C)c1ccc(-c2cccc(-c3ccc4ccccc4c3)c2)cc1. The van der Waals surface area contributed by atoms with Crippen molar-refractivity contribution >= 4 is 10.8 Å². The van der Waals surface area contributed by atoms with Crippen LogP contribution < -0.4 is 0 Å². The molecule has 122 valence electrons. The van der Waals surface area contributed by atoms with Crippen LogP contribution >= 0.6 is 0 Å². The van der Waals surface area contributed by atoms with Gasteiger partial charge in [0.1, 0.15) is 0 Å². The summed E-state index contributed by atoms with van der Waals surface area (Å²) in [6.07, 6.45) is 0. The monoisotopic (exact) mass is 322 g/mol. The van der Waals surface area contributed by atoms with Crippen LogP contribution in [0.2, 0.25) is 0 Å². The van der Waals surface area contributed by atoms with Gasteiger partial charge in [-0.25, -0.2) is 0 Å². The molecule has 0 atom stereocenters. The molecule has 0 saturated carbocycles. The van der Waals surface area contributed by atoms with Crippen LogP contribution in [0.1, 0.15) is 25.3 Å². The average Bonchev–Trinajstić information content (AvgIpc) is 2.68. The molecule has 0 bridgehead atoms. The first kappa shape index (κ1) is 15.7. The van der Waals surface area contributed by atoms with Crippen molar-refractivity contribution in [3.8, 4) is 22.3 Å². The van der Waals surface area contributed by atoms with E-state index in [4.69, 9.17) is 0 Å². The van der Waals surface area contributed by atoms with Gasteiger partial charge in [0.2, 0.25) is 0 Å². The van der Waals surface area contributed by atoms with Gasteiger partial charge in [0, 0.05) is 0 Å². The van der Waals surface area contributed by atoms with E-state index in [1.807, 2.05) is 0 Å². The van der Waals surface area contributed by atoms with Crippen LogP contribution in [0.15, 0.2) is 91.0 Å². The second-order valence-electron chi connectivity index (χ2n) is 6.92. The normalized spacial score (nSPS) is 11.2. The van der Waals surface area contributed by atoms with Gasteiger partial charge >= 0.3 is 0 Å². The van der Waals surface area contributed by atoms with E-state index in [0.717, 1.165) is 0 Å². The maximum Gasteiger partial charge on any atom is -0.0177 e. The maximum absolute atomic E-state index is 2.29. The molecular formula is C25H22. The van der Waals surface area contributed by atoms with Gasteiger partial charge in [-0.1, -0.05) is 92.7 Å². The predicted octanol–water partition coefficient (Wildman–Crippen LogP) is 7.30. The highest BCUT2D eigenvalue weighted by atomic mass is 14.1. The topological polar surface area (TPSA) is 0 Å². The highest BCUT2D eigenvalue weighted by Crippen LogP contribution is 2.29. The molecule has 0 spiro atoms. The van der Waals surface area contributed by atoms with Crippen LogP contribution in [0.25, 0.3) is 33.0 Å². The molecule has 0 heteroatoms. The van der Waals surface area contributed by atoms with Crippen LogP contribution in [-0.4, -0.2) is 0 Å². The average molecular weight is 322 g/mol. The molecule has 4 aromatic carbocycles. The Morgan fingerprint density at radius 2 is 1.08 bits per heavy atom. The summed E-state index contributed by atoms with van der Waals surface area (Å²) < 4.78 is 0. The lowest BCUT2D eigenvalue weighted by Gasteiger charge is -2.09. The van der Waals surface area contributed by atoms with Crippen LogP contribution in [0, 0.1) is 0 Å². The summed E-state index contributed by atoms with van der Waals surface area (Å²) >= 11 is 0. The Labute approximate surface area is 149 Å². The molecular weight excluding hydrogens is 300 g/mol. The molecule has 0 fully saturated rings. The molecule has 0 aliphatic heterocycles. The molecule has 0 amide bonds. The first-order valence-electron chi connectivity index (χ1n) is 8.90. The lowest BCUT2D eigenvalue weighted by molar-refractivity contribution is 0.867. The van der Waals surface area contributed by atoms with Crippen LogP contribution in [0.5, 0.6) is 0 Å². The highest BCUT2D eigenvalue weighted by Gasteiger charge is 2.04. The molecule has 0 heterocycles. The minimum absolute atomic E-state index is 0.568. The third-order valence-corrected chi connectivity index (χ3v) is 4.86. The fourth-order valence-electron chi connectivity index (χ4n) is 3.31. The summed E-state index contributed by atoms with van der Waals surface area (Å²) in [5.74, 6) is 0.568. The molecule has 25 heavy (non-hydrogen) atoms. The minimum Gasteiger partial charge on any atom is -0.0616 e. The lowest BCUT2D eigenvalue weighted by Crippen LogP contribution is -1.87. The molecule has 0 aliphatic carbocycles. The fraction of sp³-hybridized carbons (Fsp3) is 0.120. The van der Waals surface area contributed by atoms with Gasteiger partial charge < -0.3 is 0 Å². The van der Waals surface area contributed by atoms with E-state index in [0.29, 0.717) is 5.92 Å². The van der Waals surface area contributed by atoms with E-state index in [2.05, 4.69) is 105 Å². The van der Waals surface area contributed by atoms with Crippen molar-refractivity contribution < 1.29 is 0 Å². The number of hydrogen-bond donors (Lipinski definition) is 0. The predicted molar refractivity (Wildman–Crippen MR) is 109 cm³/mol. The summed E-state index contributed by atoms with van der Waals surface area (Å²) in [4.78, 5) is 0. The van der Waals surface area contributed by atoms with Gasteiger partial charge in [0.25, 0.3) is 0 Å². The molecule has 0 radical (unpaired) electrons. The highest BCUT2D eigenvalue weighted by molar-refractivity contribution is 5.87. The van der Waals surface area contributed by atoms with Crippen molar-refractivity contribution in [1.29, 1.82) is 0 Å². The van der Waals surface area contributed by atoms with Crippen molar-refractivity contribution in [3.63, 3.8) is 0 Å². The Balaban J connectivity index is 1.73. The van der Waals surface area contributed by atoms with Crippen molar-refractivity contribution in [2.75, 3.05) is 0 Å². The molecule has 4 rings (SSSR count). The third kappa shape index (κ3) is 3.21. The van der Waals surface area contributed by atoms with Gasteiger partial charge in [-0.15, -0.1) is 0 Å². The van der Waals surface area contributed by atoms with E-state index in [9.17, 15) is 0 Å². The molecule has 0 saturated heterocycles. The molecule has 0 unspecified atom stereocenters. The number of hydrogen-bond acceptors (Lipinski definition) is 0. The van der Waals surface area contributed by atoms with Crippen LogP contribution in [0.4, 0.5) is 0 Å². The van der Waals surface area contributed by atoms with E-state index in [1.165, 1.54) is 38.6 Å². The minimum atomic E-state index is 0.568. The standard InChI is InChI=1S/C25H22/c1-18(2)19-10-12-21(13-11-19)23-8-5-9-24(16-23)25-15-14-20-6-3-4-7-22(20)17-25/h3-18H,1-2H3. The Morgan fingerprint density at radius 3 is 1.80 bits per heavy atom. The molecule has 0 N–H and O–H groups in total. The van der Waals surface area contributed by atoms with Crippen molar-refractivity contribution in [2.24, 2.45) is 0 Å². The Kier molecular flexibility index (Phi) is 4.11. The summed E-state index contributed by atoms with van der Waals surface area (Å²) in [7, 11) is 0. The number of benzene rings is 4. The van der Waals surface area contributed by atoms with Crippen molar-refractivity contribution in [1.82, 2.24) is 0 Å². The molecule has 0 aromatic heterocycles. The zero-order valence-electron chi connectivity index (χ0n) is 14.7. The maximum atomic E-state index is 2.29. The summed E-state index contributed by atoms with van der Waals surface area (Å²) in [5, 5.41) is 2.57. The van der Waals surface area contributed by atoms with E-state index >= 15 is 0 Å². The van der Waals surface area contributed by atoms with Crippen molar-refractivity contribution in [2.45, 2.75) is 19.8 Å². The van der Waals surface area contributed by atoms with Gasteiger partial charge in [-0.2, -0.15) is 0 Å². The second-order valence-corrected chi connectivity index (χ2v) is 6.92. The van der Waals surface area contributed by atoms with Gasteiger partial charge in [-0.3, -0.25) is 0 Å². The number of rotatable bonds is 3. The van der Waals surface area contributed by atoms with E-state index in [1.54, 1.807) is 0 Å². The number of fused-ring (bicyclic) bond motifs is 1. The summed E-state index contributed by atoms with van der Waals surface area (Å²) in [5.41, 5.74) is 6.44. The largest absolute Gasteiger partial charge is 0.0616 e. The Hall–Kier alpha value is -2.86. The van der Waals surface area contributed by atoms with Crippen molar-refractivity contribution in [3.05, 3.63) is 96.6 Å². The zero-order valence-corrected chi connectivity index (χ0v) is 14.7. The second kappa shape index (κ2) is 6.57. The van der Waals surface area contributed by atoms with E-state index < -0.39 is 0 Å². The van der Waals surface area contributed by atoms with Gasteiger partial charge in [0.15, 0.2) is 0 Å². The Bertz CT molecular complexity index is 1010. The van der Waals surface area contributed by atoms with Gasteiger partial charge in [0.05, 0.1) is 0 Å². The lowest BCUT2D eigenvalue weighted by atomic mass is 9.95. The van der Waals surface area contributed by atoms with E-state index in [-0.39, 0.29) is 0 Å². The van der Waals surface area contributed by atoms with Crippen LogP contribution in [0.3, 0.4) is 0 Å². The summed E-state index contributed by atoms with van der Waals surface area (Å²) in [6, 6.07) is 33.0. The molecule has 0 nitrogen and oxygen atoms in total.